The SMILES string of the molecule is OCC1(c2ncc(-c3ccccn3)[nH]2)COC1. The maximum absolute atomic E-state index is 9.41. The van der Waals surface area contributed by atoms with Crippen LogP contribution >= 0.6 is 0 Å². The number of ether oxygens (including phenoxy) is 1. The lowest BCUT2D eigenvalue weighted by Crippen LogP contribution is -2.50. The van der Waals surface area contributed by atoms with Gasteiger partial charge < -0.3 is 14.8 Å². The van der Waals surface area contributed by atoms with Crippen molar-refractivity contribution in [2.24, 2.45) is 0 Å². The van der Waals surface area contributed by atoms with Crippen LogP contribution in [-0.2, 0) is 10.2 Å². The number of aliphatic hydroxyl groups is 1. The van der Waals surface area contributed by atoms with Gasteiger partial charge in [0.15, 0.2) is 0 Å². The number of hydrogen-bond acceptors (Lipinski definition) is 4. The summed E-state index contributed by atoms with van der Waals surface area (Å²) in [6.07, 6.45) is 3.48. The molecule has 0 unspecified atom stereocenters. The standard InChI is InChI=1S/C12H13N3O2/c16-6-12(7-17-8-12)11-14-5-10(15-11)9-3-1-2-4-13-9/h1-5,16H,6-8H2,(H,14,15). The molecule has 0 aromatic carbocycles. The van der Waals surface area contributed by atoms with Crippen LogP contribution in [0.5, 0.6) is 0 Å². The van der Waals surface area contributed by atoms with Gasteiger partial charge in [-0.2, -0.15) is 0 Å². The second-order valence-electron chi connectivity index (χ2n) is 4.29. The van der Waals surface area contributed by atoms with Crippen LogP contribution in [0.3, 0.4) is 0 Å². The summed E-state index contributed by atoms with van der Waals surface area (Å²) in [7, 11) is 0. The summed E-state index contributed by atoms with van der Waals surface area (Å²) in [6.45, 7) is 1.07. The first-order valence-electron chi connectivity index (χ1n) is 5.50. The van der Waals surface area contributed by atoms with Crippen LogP contribution < -0.4 is 0 Å². The van der Waals surface area contributed by atoms with Gasteiger partial charge in [-0.05, 0) is 12.1 Å². The Morgan fingerprint density at radius 1 is 1.35 bits per heavy atom. The lowest BCUT2D eigenvalue weighted by atomic mass is 9.86. The summed E-state index contributed by atoms with van der Waals surface area (Å²) in [6, 6.07) is 5.72. The molecule has 3 rings (SSSR count). The second-order valence-corrected chi connectivity index (χ2v) is 4.29. The minimum Gasteiger partial charge on any atom is -0.395 e. The number of aliphatic hydroxyl groups excluding tert-OH is 1. The van der Waals surface area contributed by atoms with Crippen LogP contribution in [-0.4, -0.2) is 39.9 Å². The maximum atomic E-state index is 9.41. The molecule has 0 spiro atoms. The molecule has 0 bridgehead atoms. The number of pyridine rings is 1. The zero-order valence-electron chi connectivity index (χ0n) is 9.26. The van der Waals surface area contributed by atoms with E-state index >= 15 is 0 Å². The Morgan fingerprint density at radius 3 is 2.82 bits per heavy atom. The lowest BCUT2D eigenvalue weighted by molar-refractivity contribution is -0.0880. The molecule has 1 fully saturated rings. The largest absolute Gasteiger partial charge is 0.395 e. The van der Waals surface area contributed by atoms with E-state index in [0.29, 0.717) is 13.2 Å². The molecule has 88 valence electrons. The average molecular weight is 231 g/mol. The Hall–Kier alpha value is -1.72. The highest BCUT2D eigenvalue weighted by Crippen LogP contribution is 2.30. The first-order valence-corrected chi connectivity index (χ1v) is 5.50. The summed E-state index contributed by atoms with van der Waals surface area (Å²) in [5.74, 6) is 0.770. The Morgan fingerprint density at radius 2 is 2.24 bits per heavy atom. The molecule has 2 aromatic heterocycles. The van der Waals surface area contributed by atoms with Gasteiger partial charge in [0.2, 0.25) is 0 Å². The van der Waals surface area contributed by atoms with E-state index in [1.165, 1.54) is 0 Å². The van der Waals surface area contributed by atoms with Crippen molar-refractivity contribution in [3.8, 4) is 11.4 Å². The number of hydrogen-bond donors (Lipinski definition) is 2. The number of nitrogens with one attached hydrogen (secondary N) is 1. The van der Waals surface area contributed by atoms with E-state index in [2.05, 4.69) is 15.0 Å². The molecule has 17 heavy (non-hydrogen) atoms. The fourth-order valence-electron chi connectivity index (χ4n) is 1.89. The van der Waals surface area contributed by atoms with Crippen LogP contribution in [0.2, 0.25) is 0 Å². The molecule has 2 aromatic rings. The predicted octanol–water partition coefficient (Wildman–Crippen LogP) is 0.732. The molecule has 1 aliphatic rings. The number of aromatic amines is 1. The summed E-state index contributed by atoms with van der Waals surface area (Å²) in [5, 5.41) is 9.41. The van der Waals surface area contributed by atoms with Crippen molar-refractivity contribution < 1.29 is 9.84 Å². The molecule has 3 heterocycles. The highest BCUT2D eigenvalue weighted by Gasteiger charge is 2.42. The molecule has 0 atom stereocenters. The van der Waals surface area contributed by atoms with Gasteiger partial charge in [-0.1, -0.05) is 6.07 Å². The third-order valence-electron chi connectivity index (χ3n) is 3.08. The minimum atomic E-state index is -0.354. The number of rotatable bonds is 3. The van der Waals surface area contributed by atoms with Gasteiger partial charge in [-0.15, -0.1) is 0 Å². The van der Waals surface area contributed by atoms with Crippen molar-refractivity contribution in [2.45, 2.75) is 5.41 Å². The monoisotopic (exact) mass is 231 g/mol. The topological polar surface area (TPSA) is 71.0 Å². The number of aromatic nitrogens is 3. The summed E-state index contributed by atoms with van der Waals surface area (Å²) < 4.78 is 5.16. The molecule has 5 nitrogen and oxygen atoms in total. The Labute approximate surface area is 98.5 Å². The first-order chi connectivity index (χ1) is 8.34. The van der Waals surface area contributed by atoms with Gasteiger partial charge in [0.25, 0.3) is 0 Å². The van der Waals surface area contributed by atoms with Gasteiger partial charge in [-0.25, -0.2) is 4.98 Å². The molecule has 2 N–H and O–H groups in total. The fraction of sp³-hybridized carbons (Fsp3) is 0.333. The summed E-state index contributed by atoms with van der Waals surface area (Å²) >= 11 is 0. The molecule has 0 amide bonds. The number of imidazole rings is 1. The van der Waals surface area contributed by atoms with E-state index in [9.17, 15) is 5.11 Å². The average Bonchev–Trinajstić information content (AvgIpc) is 2.80. The third kappa shape index (κ3) is 1.64. The van der Waals surface area contributed by atoms with Crippen LogP contribution in [0, 0.1) is 0 Å². The van der Waals surface area contributed by atoms with Crippen LogP contribution in [0.1, 0.15) is 5.82 Å². The molecular weight excluding hydrogens is 218 g/mol. The lowest BCUT2D eigenvalue weighted by Gasteiger charge is -2.37. The summed E-state index contributed by atoms with van der Waals surface area (Å²) in [4.78, 5) is 11.8. The van der Waals surface area contributed by atoms with E-state index in [1.807, 2.05) is 18.2 Å². The van der Waals surface area contributed by atoms with Gasteiger partial charge in [-0.3, -0.25) is 4.98 Å². The molecule has 5 heteroatoms. The second kappa shape index (κ2) is 3.94. The molecule has 0 saturated carbocycles. The molecule has 1 aliphatic heterocycles. The van der Waals surface area contributed by atoms with Gasteiger partial charge in [0.05, 0.1) is 42.8 Å². The van der Waals surface area contributed by atoms with Crippen molar-refractivity contribution in [1.29, 1.82) is 0 Å². The predicted molar refractivity (Wildman–Crippen MR) is 61.4 cm³/mol. The summed E-state index contributed by atoms with van der Waals surface area (Å²) in [5.41, 5.74) is 1.35. The molecular formula is C12H13N3O2. The van der Waals surface area contributed by atoms with Crippen molar-refractivity contribution in [2.75, 3.05) is 19.8 Å². The zero-order chi connectivity index (χ0) is 11.7. The van der Waals surface area contributed by atoms with E-state index in [4.69, 9.17) is 4.74 Å². The molecule has 1 saturated heterocycles. The van der Waals surface area contributed by atoms with Gasteiger partial charge >= 0.3 is 0 Å². The quantitative estimate of drug-likeness (QED) is 0.817. The van der Waals surface area contributed by atoms with Crippen molar-refractivity contribution in [1.82, 2.24) is 15.0 Å². The smallest absolute Gasteiger partial charge is 0.119 e. The Balaban J connectivity index is 1.93. The Bertz CT molecular complexity index is 500. The van der Waals surface area contributed by atoms with Crippen LogP contribution in [0.15, 0.2) is 30.6 Å². The van der Waals surface area contributed by atoms with Crippen molar-refractivity contribution >= 4 is 0 Å². The molecule has 0 radical (unpaired) electrons. The van der Waals surface area contributed by atoms with Crippen LogP contribution in [0.4, 0.5) is 0 Å². The van der Waals surface area contributed by atoms with E-state index in [0.717, 1.165) is 17.2 Å². The van der Waals surface area contributed by atoms with Crippen molar-refractivity contribution in [3.63, 3.8) is 0 Å². The fourth-order valence-corrected chi connectivity index (χ4v) is 1.89. The van der Waals surface area contributed by atoms with Crippen LogP contribution in [0.25, 0.3) is 11.4 Å². The minimum absolute atomic E-state index is 0.0438. The van der Waals surface area contributed by atoms with E-state index in [1.54, 1.807) is 12.4 Å². The van der Waals surface area contributed by atoms with Gasteiger partial charge in [0, 0.05) is 6.20 Å². The number of nitrogens with zero attached hydrogens (tertiary/aromatic N) is 2. The van der Waals surface area contributed by atoms with E-state index in [-0.39, 0.29) is 12.0 Å². The van der Waals surface area contributed by atoms with Gasteiger partial charge in [0.1, 0.15) is 5.82 Å². The molecule has 0 aliphatic carbocycles. The Kier molecular flexibility index (Phi) is 2.42. The highest BCUT2D eigenvalue weighted by molar-refractivity contribution is 5.53. The zero-order valence-corrected chi connectivity index (χ0v) is 9.26. The normalized spacial score (nSPS) is 17.7. The van der Waals surface area contributed by atoms with E-state index < -0.39 is 0 Å². The maximum Gasteiger partial charge on any atom is 0.119 e. The third-order valence-corrected chi connectivity index (χ3v) is 3.08. The highest BCUT2D eigenvalue weighted by atomic mass is 16.5. The number of H-pyrrole nitrogens is 1. The van der Waals surface area contributed by atoms with Crippen molar-refractivity contribution in [3.05, 3.63) is 36.4 Å². The first kappa shape index (κ1) is 10.4.